The summed E-state index contributed by atoms with van der Waals surface area (Å²) in [4.78, 5) is 24.4. The van der Waals surface area contributed by atoms with E-state index in [4.69, 9.17) is 18.3 Å². The first-order valence-electron chi connectivity index (χ1n) is 11.9. The number of carbonyl (C=O) groups excluding carboxylic acids is 2. The molecule has 0 saturated heterocycles. The third kappa shape index (κ3) is 9.54. The highest BCUT2D eigenvalue weighted by atomic mass is 28.4. The quantitative estimate of drug-likeness (QED) is 0.224. The standard InChI is InChI=1S/C24H48O8Si2/c1-13-29-18(25)16-15-17(31-33(9,10)23(3,4)5)21(32-34(11,12)24(6,7)8)19(26)20(27)22(28)30-14-2/h15-17,19-21,26-27H,13-14H2,1-12H3/b16-15+/t17-,19-,20-,21+/m1/s1. The van der Waals surface area contributed by atoms with E-state index in [1.807, 2.05) is 47.0 Å². The van der Waals surface area contributed by atoms with E-state index >= 15 is 0 Å². The Morgan fingerprint density at radius 3 is 1.68 bits per heavy atom. The van der Waals surface area contributed by atoms with Gasteiger partial charge in [-0.05, 0) is 56.2 Å². The highest BCUT2D eigenvalue weighted by Crippen LogP contribution is 2.41. The van der Waals surface area contributed by atoms with Gasteiger partial charge in [0.05, 0.1) is 19.3 Å². The third-order valence-corrected chi connectivity index (χ3v) is 15.6. The van der Waals surface area contributed by atoms with Crippen molar-refractivity contribution < 1.29 is 38.1 Å². The molecular weight excluding hydrogens is 472 g/mol. The Bertz CT molecular complexity index is 692. The summed E-state index contributed by atoms with van der Waals surface area (Å²) in [6, 6.07) is 0. The molecule has 0 aromatic heterocycles. The summed E-state index contributed by atoms with van der Waals surface area (Å²) in [6.45, 7) is 24.0. The molecule has 0 aromatic carbocycles. The zero-order chi connectivity index (χ0) is 27.1. The normalized spacial score (nSPS) is 17.2. The molecule has 2 N–H and O–H groups in total. The SMILES string of the molecule is CCOC(=O)/C=C/[C@@H](O[Si](C)(C)C(C)(C)C)[C@H](O[Si](C)(C)C(C)(C)C)[C@H](O)[C@@H](O)C(=O)OCC. The second-order valence-corrected chi connectivity index (χ2v) is 21.0. The molecule has 0 aliphatic rings. The van der Waals surface area contributed by atoms with Gasteiger partial charge in [-0.15, -0.1) is 0 Å². The Morgan fingerprint density at radius 1 is 0.824 bits per heavy atom. The van der Waals surface area contributed by atoms with Crippen molar-refractivity contribution in [1.29, 1.82) is 0 Å². The van der Waals surface area contributed by atoms with Crippen LogP contribution in [0.2, 0.25) is 36.3 Å². The lowest BCUT2D eigenvalue weighted by atomic mass is 10.0. The monoisotopic (exact) mass is 520 g/mol. The van der Waals surface area contributed by atoms with Gasteiger partial charge in [-0.25, -0.2) is 9.59 Å². The van der Waals surface area contributed by atoms with Crippen LogP contribution in [0.4, 0.5) is 0 Å². The fraction of sp³-hybridized carbons (Fsp3) is 0.833. The van der Waals surface area contributed by atoms with Crippen LogP contribution in [-0.4, -0.2) is 76.4 Å². The van der Waals surface area contributed by atoms with E-state index in [1.54, 1.807) is 13.8 Å². The second kappa shape index (κ2) is 12.8. The van der Waals surface area contributed by atoms with Gasteiger partial charge < -0.3 is 28.5 Å². The van der Waals surface area contributed by atoms with Crippen LogP contribution in [-0.2, 0) is 27.9 Å². The molecule has 0 spiro atoms. The summed E-state index contributed by atoms with van der Waals surface area (Å²) in [7, 11) is -4.97. The van der Waals surface area contributed by atoms with Crippen LogP contribution in [0.15, 0.2) is 12.2 Å². The molecule has 0 aliphatic carbocycles. The zero-order valence-corrected chi connectivity index (χ0v) is 25.2. The maximum atomic E-state index is 12.3. The molecule has 0 heterocycles. The molecule has 200 valence electrons. The number of carbonyl (C=O) groups is 2. The molecule has 0 fully saturated rings. The van der Waals surface area contributed by atoms with Crippen molar-refractivity contribution in [2.75, 3.05) is 13.2 Å². The Morgan fingerprint density at radius 2 is 1.26 bits per heavy atom. The van der Waals surface area contributed by atoms with Gasteiger partial charge in [0.25, 0.3) is 0 Å². The van der Waals surface area contributed by atoms with Crippen molar-refractivity contribution in [1.82, 2.24) is 0 Å². The molecule has 8 nitrogen and oxygen atoms in total. The lowest BCUT2D eigenvalue weighted by molar-refractivity contribution is -0.166. The number of hydrogen-bond acceptors (Lipinski definition) is 8. The molecular formula is C24H48O8Si2. The minimum Gasteiger partial charge on any atom is -0.464 e. The van der Waals surface area contributed by atoms with Gasteiger partial charge in [0.15, 0.2) is 22.7 Å². The summed E-state index contributed by atoms with van der Waals surface area (Å²) in [6.07, 6.45) is -2.78. The Labute approximate surface area is 208 Å². The Balaban J connectivity index is 6.58. The molecule has 0 unspecified atom stereocenters. The molecule has 10 heteroatoms. The molecule has 0 aliphatic heterocycles. The number of aliphatic hydroxyl groups excluding tert-OH is 2. The zero-order valence-electron chi connectivity index (χ0n) is 23.2. The molecule has 34 heavy (non-hydrogen) atoms. The summed E-state index contributed by atoms with van der Waals surface area (Å²) in [5.41, 5.74) is 0. The van der Waals surface area contributed by atoms with Gasteiger partial charge in [-0.3, -0.25) is 0 Å². The van der Waals surface area contributed by atoms with E-state index in [-0.39, 0.29) is 23.3 Å². The largest absolute Gasteiger partial charge is 0.464 e. The fourth-order valence-corrected chi connectivity index (χ4v) is 5.05. The van der Waals surface area contributed by atoms with Crippen molar-refractivity contribution >= 4 is 28.6 Å². The van der Waals surface area contributed by atoms with Crippen LogP contribution >= 0.6 is 0 Å². The predicted molar refractivity (Wildman–Crippen MR) is 139 cm³/mol. The van der Waals surface area contributed by atoms with Crippen molar-refractivity contribution in [3.05, 3.63) is 12.2 Å². The maximum Gasteiger partial charge on any atom is 0.337 e. The van der Waals surface area contributed by atoms with Gasteiger partial charge in [0, 0.05) is 6.08 Å². The minimum absolute atomic E-state index is 0.0586. The van der Waals surface area contributed by atoms with E-state index in [9.17, 15) is 19.8 Å². The molecule has 0 saturated carbocycles. The second-order valence-electron chi connectivity index (χ2n) is 11.5. The summed E-state index contributed by atoms with van der Waals surface area (Å²) in [5, 5.41) is 21.4. The number of rotatable bonds is 12. The van der Waals surface area contributed by atoms with Gasteiger partial charge in [0.2, 0.25) is 0 Å². The van der Waals surface area contributed by atoms with Crippen molar-refractivity contribution in [3.8, 4) is 0 Å². The Hall–Kier alpha value is -1.05. The first kappa shape index (κ1) is 33.0. The van der Waals surface area contributed by atoms with E-state index in [2.05, 4.69) is 20.8 Å². The summed E-state index contributed by atoms with van der Waals surface area (Å²) >= 11 is 0. The van der Waals surface area contributed by atoms with Crippen LogP contribution in [0.1, 0.15) is 55.4 Å². The van der Waals surface area contributed by atoms with Crippen LogP contribution in [0.3, 0.4) is 0 Å². The lowest BCUT2D eigenvalue weighted by Gasteiger charge is -2.45. The van der Waals surface area contributed by atoms with Crippen LogP contribution in [0.5, 0.6) is 0 Å². The highest BCUT2D eigenvalue weighted by molar-refractivity contribution is 6.74. The third-order valence-electron chi connectivity index (χ3n) is 6.69. The molecule has 0 amide bonds. The van der Waals surface area contributed by atoms with Gasteiger partial charge in [-0.1, -0.05) is 41.5 Å². The number of ether oxygens (including phenoxy) is 2. The Kier molecular flexibility index (Phi) is 12.4. The predicted octanol–water partition coefficient (Wildman–Crippen LogP) is 4.17. The van der Waals surface area contributed by atoms with E-state index in [0.29, 0.717) is 0 Å². The van der Waals surface area contributed by atoms with E-state index < -0.39 is 53.0 Å². The average molecular weight is 521 g/mol. The fourth-order valence-electron chi connectivity index (χ4n) is 2.49. The van der Waals surface area contributed by atoms with E-state index in [0.717, 1.165) is 0 Å². The number of esters is 2. The van der Waals surface area contributed by atoms with Gasteiger partial charge in [-0.2, -0.15) is 0 Å². The summed E-state index contributed by atoms with van der Waals surface area (Å²) < 4.78 is 23.1. The topological polar surface area (TPSA) is 112 Å². The first-order chi connectivity index (χ1) is 15.2. The molecule has 0 radical (unpaired) electrons. The number of hydrogen-bond donors (Lipinski definition) is 2. The first-order valence-corrected chi connectivity index (χ1v) is 17.8. The highest BCUT2D eigenvalue weighted by Gasteiger charge is 2.48. The van der Waals surface area contributed by atoms with Crippen molar-refractivity contribution in [2.45, 2.75) is 116 Å². The average Bonchev–Trinajstić information content (AvgIpc) is 2.66. The van der Waals surface area contributed by atoms with Crippen LogP contribution < -0.4 is 0 Å². The van der Waals surface area contributed by atoms with Crippen LogP contribution in [0, 0.1) is 0 Å². The van der Waals surface area contributed by atoms with Gasteiger partial charge in [0.1, 0.15) is 12.2 Å². The molecule has 0 aromatic rings. The van der Waals surface area contributed by atoms with E-state index in [1.165, 1.54) is 12.2 Å². The number of aliphatic hydroxyl groups is 2. The molecule has 0 bridgehead atoms. The maximum absolute atomic E-state index is 12.3. The summed E-state index contributed by atoms with van der Waals surface area (Å²) in [5.74, 6) is -1.50. The van der Waals surface area contributed by atoms with Crippen LogP contribution in [0.25, 0.3) is 0 Å². The molecule has 4 atom stereocenters. The smallest absolute Gasteiger partial charge is 0.337 e. The van der Waals surface area contributed by atoms with Gasteiger partial charge >= 0.3 is 11.9 Å². The van der Waals surface area contributed by atoms with Crippen molar-refractivity contribution in [2.24, 2.45) is 0 Å². The lowest BCUT2D eigenvalue weighted by Crippen LogP contribution is -2.58. The molecule has 0 rings (SSSR count). The van der Waals surface area contributed by atoms with Crippen molar-refractivity contribution in [3.63, 3.8) is 0 Å². The minimum atomic E-state index is -2.52.